The molecule has 5 heteroatoms. The smallest absolute Gasteiger partial charge is 0.229 e. The Hall–Kier alpha value is -1.72. The van der Waals surface area contributed by atoms with Crippen LogP contribution in [-0.2, 0) is 22.6 Å². The summed E-state index contributed by atoms with van der Waals surface area (Å²) in [5.74, 6) is -0.0219. The minimum atomic E-state index is -0.0219. The average molecular weight is 290 g/mol. The number of nitrogens with one attached hydrogen (secondary N) is 1. The Balaban J connectivity index is 2.01. The molecule has 0 saturated heterocycles. The number of rotatable bonds is 5. The monoisotopic (exact) mass is 290 g/mol. The number of anilines is 1. The van der Waals surface area contributed by atoms with E-state index in [9.17, 15) is 4.79 Å². The largest absolute Gasteiger partial charge is 0.378 e. The van der Waals surface area contributed by atoms with Gasteiger partial charge < -0.3 is 10.1 Å². The molecule has 1 N–H and O–H groups in total. The van der Waals surface area contributed by atoms with Crippen molar-refractivity contribution in [3.05, 3.63) is 45.4 Å². The van der Waals surface area contributed by atoms with Crippen molar-refractivity contribution in [2.24, 2.45) is 0 Å². The van der Waals surface area contributed by atoms with Crippen LogP contribution in [0.1, 0.15) is 21.1 Å². The number of nitrogens with zero attached hydrogens (tertiary/aromatic N) is 1. The van der Waals surface area contributed by atoms with E-state index < -0.39 is 0 Å². The van der Waals surface area contributed by atoms with Gasteiger partial charge in [0.25, 0.3) is 0 Å². The molecule has 2 rings (SSSR count). The first-order valence-corrected chi connectivity index (χ1v) is 7.21. The number of amides is 1. The van der Waals surface area contributed by atoms with Crippen LogP contribution in [0.2, 0.25) is 0 Å². The van der Waals surface area contributed by atoms with Crippen LogP contribution in [0.4, 0.5) is 5.69 Å². The maximum Gasteiger partial charge on any atom is 0.229 e. The highest BCUT2D eigenvalue weighted by Gasteiger charge is 2.12. The van der Waals surface area contributed by atoms with Gasteiger partial charge >= 0.3 is 0 Å². The van der Waals surface area contributed by atoms with Crippen LogP contribution in [0.15, 0.2) is 24.3 Å². The highest BCUT2D eigenvalue weighted by molar-refractivity contribution is 7.11. The van der Waals surface area contributed by atoms with Crippen LogP contribution >= 0.6 is 11.3 Å². The molecule has 20 heavy (non-hydrogen) atoms. The molecule has 0 radical (unpaired) electrons. The number of thiazole rings is 1. The zero-order valence-electron chi connectivity index (χ0n) is 11.9. The van der Waals surface area contributed by atoms with Gasteiger partial charge in [-0.2, -0.15) is 0 Å². The first kappa shape index (κ1) is 14.7. The summed E-state index contributed by atoms with van der Waals surface area (Å²) in [4.78, 5) is 17.4. The van der Waals surface area contributed by atoms with Gasteiger partial charge in [0.15, 0.2) is 0 Å². The second-order valence-electron chi connectivity index (χ2n) is 4.64. The van der Waals surface area contributed by atoms with Gasteiger partial charge in [0.05, 0.1) is 18.7 Å². The van der Waals surface area contributed by atoms with Gasteiger partial charge in [0.1, 0.15) is 5.01 Å². The van der Waals surface area contributed by atoms with Gasteiger partial charge in [-0.25, -0.2) is 4.98 Å². The van der Waals surface area contributed by atoms with Gasteiger partial charge in [0.2, 0.25) is 5.91 Å². The van der Waals surface area contributed by atoms with Crippen LogP contribution in [0.25, 0.3) is 0 Å². The number of ether oxygens (including phenoxy) is 1. The Morgan fingerprint density at radius 2 is 2.20 bits per heavy atom. The molecule has 106 valence electrons. The zero-order valence-corrected chi connectivity index (χ0v) is 12.7. The summed E-state index contributed by atoms with van der Waals surface area (Å²) in [6.07, 6.45) is 0.348. The lowest BCUT2D eigenvalue weighted by atomic mass is 10.2. The standard InChI is InChI=1S/C15H18N2O2S/c1-10-5-4-6-12(7-10)17-14(18)8-13-11(2)16-15(20-13)9-19-3/h4-7H,8-9H2,1-3H3,(H,17,18). The fourth-order valence-corrected chi connectivity index (χ4v) is 2.95. The van der Waals surface area contributed by atoms with Gasteiger partial charge in [-0.15, -0.1) is 11.3 Å². The lowest BCUT2D eigenvalue weighted by molar-refractivity contribution is -0.115. The third-order valence-electron chi connectivity index (χ3n) is 2.83. The molecule has 0 unspecified atom stereocenters. The van der Waals surface area contributed by atoms with Gasteiger partial charge in [-0.3, -0.25) is 4.79 Å². The average Bonchev–Trinajstić information content (AvgIpc) is 2.70. The summed E-state index contributed by atoms with van der Waals surface area (Å²) in [5.41, 5.74) is 2.86. The molecular formula is C15H18N2O2S. The first-order chi connectivity index (χ1) is 9.58. The Kier molecular flexibility index (Phi) is 4.87. The molecular weight excluding hydrogens is 272 g/mol. The molecule has 0 aliphatic rings. The van der Waals surface area contributed by atoms with Crippen molar-refractivity contribution < 1.29 is 9.53 Å². The number of benzene rings is 1. The Bertz CT molecular complexity index is 608. The lowest BCUT2D eigenvalue weighted by Crippen LogP contribution is -2.14. The molecule has 0 spiro atoms. The summed E-state index contributed by atoms with van der Waals surface area (Å²) < 4.78 is 5.06. The number of methoxy groups -OCH3 is 1. The number of aromatic nitrogens is 1. The normalized spacial score (nSPS) is 10.6. The molecule has 2 aromatic rings. The molecule has 1 aromatic carbocycles. The minimum absolute atomic E-state index is 0.0219. The van der Waals surface area contributed by atoms with Crippen molar-refractivity contribution in [1.82, 2.24) is 4.98 Å². The summed E-state index contributed by atoms with van der Waals surface area (Å²) >= 11 is 1.53. The molecule has 0 aliphatic heterocycles. The second-order valence-corrected chi connectivity index (χ2v) is 5.81. The first-order valence-electron chi connectivity index (χ1n) is 6.39. The molecule has 0 aliphatic carbocycles. The zero-order chi connectivity index (χ0) is 14.5. The fourth-order valence-electron chi connectivity index (χ4n) is 1.91. The summed E-state index contributed by atoms with van der Waals surface area (Å²) in [6.45, 7) is 4.41. The molecule has 4 nitrogen and oxygen atoms in total. The molecule has 1 heterocycles. The van der Waals surface area contributed by atoms with Gasteiger partial charge in [-0.05, 0) is 31.5 Å². The van der Waals surface area contributed by atoms with E-state index in [2.05, 4.69) is 10.3 Å². The van der Waals surface area contributed by atoms with Crippen LogP contribution in [0, 0.1) is 13.8 Å². The van der Waals surface area contributed by atoms with E-state index in [1.807, 2.05) is 38.1 Å². The van der Waals surface area contributed by atoms with Crippen molar-refractivity contribution in [2.75, 3.05) is 12.4 Å². The molecule has 1 amide bonds. The number of hydrogen-bond donors (Lipinski definition) is 1. The van der Waals surface area contributed by atoms with E-state index in [1.165, 1.54) is 11.3 Å². The van der Waals surface area contributed by atoms with E-state index in [0.717, 1.165) is 26.8 Å². The third kappa shape index (κ3) is 3.88. The third-order valence-corrected chi connectivity index (χ3v) is 3.96. The van der Waals surface area contributed by atoms with Crippen LogP contribution < -0.4 is 5.32 Å². The van der Waals surface area contributed by atoms with Crippen molar-refractivity contribution in [3.8, 4) is 0 Å². The SMILES string of the molecule is COCc1nc(C)c(CC(=O)Nc2cccc(C)c2)s1. The number of aryl methyl sites for hydroxylation is 2. The van der Waals surface area contributed by atoms with Crippen molar-refractivity contribution in [3.63, 3.8) is 0 Å². The number of carbonyl (C=O) groups excluding carboxylic acids is 1. The van der Waals surface area contributed by atoms with E-state index in [-0.39, 0.29) is 5.91 Å². The van der Waals surface area contributed by atoms with E-state index in [0.29, 0.717) is 13.0 Å². The molecule has 1 aromatic heterocycles. The predicted molar refractivity (Wildman–Crippen MR) is 81.1 cm³/mol. The maximum atomic E-state index is 12.0. The molecule has 0 bridgehead atoms. The second kappa shape index (κ2) is 6.63. The maximum absolute atomic E-state index is 12.0. The van der Waals surface area contributed by atoms with Crippen molar-refractivity contribution in [1.29, 1.82) is 0 Å². The predicted octanol–water partition coefficient (Wildman–Crippen LogP) is 3.09. The summed E-state index contributed by atoms with van der Waals surface area (Å²) in [6, 6.07) is 7.77. The fraction of sp³-hybridized carbons (Fsp3) is 0.333. The Morgan fingerprint density at radius 3 is 2.90 bits per heavy atom. The number of hydrogen-bond acceptors (Lipinski definition) is 4. The van der Waals surface area contributed by atoms with Gasteiger partial charge in [-0.1, -0.05) is 12.1 Å². The molecule has 0 saturated carbocycles. The highest BCUT2D eigenvalue weighted by atomic mass is 32.1. The van der Waals surface area contributed by atoms with Crippen molar-refractivity contribution >= 4 is 22.9 Å². The summed E-state index contributed by atoms with van der Waals surface area (Å²) in [7, 11) is 1.64. The van der Waals surface area contributed by atoms with E-state index >= 15 is 0 Å². The van der Waals surface area contributed by atoms with Crippen LogP contribution in [0.3, 0.4) is 0 Å². The topological polar surface area (TPSA) is 51.2 Å². The van der Waals surface area contributed by atoms with Gasteiger partial charge in [0, 0.05) is 17.7 Å². The van der Waals surface area contributed by atoms with E-state index in [1.54, 1.807) is 7.11 Å². The van der Waals surface area contributed by atoms with Crippen LogP contribution in [-0.4, -0.2) is 18.0 Å². The quantitative estimate of drug-likeness (QED) is 0.920. The highest BCUT2D eigenvalue weighted by Crippen LogP contribution is 2.20. The van der Waals surface area contributed by atoms with E-state index in [4.69, 9.17) is 4.74 Å². The number of carbonyl (C=O) groups is 1. The lowest BCUT2D eigenvalue weighted by Gasteiger charge is -2.05. The molecule has 0 fully saturated rings. The van der Waals surface area contributed by atoms with Crippen molar-refractivity contribution in [2.45, 2.75) is 26.9 Å². The molecule has 0 atom stereocenters. The van der Waals surface area contributed by atoms with Crippen LogP contribution in [0.5, 0.6) is 0 Å². The Morgan fingerprint density at radius 1 is 1.40 bits per heavy atom. The minimum Gasteiger partial charge on any atom is -0.378 e. The summed E-state index contributed by atoms with van der Waals surface area (Å²) in [5, 5.41) is 3.81. The Labute approximate surface area is 122 Å².